The van der Waals surface area contributed by atoms with E-state index in [1.165, 1.54) is 5.56 Å². The van der Waals surface area contributed by atoms with E-state index in [2.05, 4.69) is 48.3 Å². The summed E-state index contributed by atoms with van der Waals surface area (Å²) >= 11 is 5.51. The fraction of sp³-hybridized carbons (Fsp3) is 0.500. The Morgan fingerprint density at radius 3 is 2.50 bits per heavy atom. The van der Waals surface area contributed by atoms with E-state index in [1.54, 1.807) is 0 Å². The highest BCUT2D eigenvalue weighted by molar-refractivity contribution is 7.82. The third-order valence-corrected chi connectivity index (χ3v) is 4.64. The zero-order valence-electron chi connectivity index (χ0n) is 12.1. The Kier molecular flexibility index (Phi) is 3.61. The van der Waals surface area contributed by atoms with E-state index in [0.717, 1.165) is 48.7 Å². The van der Waals surface area contributed by atoms with Crippen molar-refractivity contribution in [2.75, 3.05) is 19.6 Å². The predicted octanol–water partition coefficient (Wildman–Crippen LogP) is 2.53. The highest BCUT2D eigenvalue weighted by Gasteiger charge is 2.39. The fourth-order valence-electron chi connectivity index (χ4n) is 2.95. The number of benzene rings is 1. The predicted molar refractivity (Wildman–Crippen MR) is 87.5 cm³/mol. The number of nitrogens with zero attached hydrogens (tertiary/aromatic N) is 2. The second kappa shape index (κ2) is 5.26. The number of aryl methyl sites for hydroxylation is 1. The molecule has 106 valence electrons. The molecule has 4 heteroatoms. The maximum atomic E-state index is 5.51. The largest absolute Gasteiger partial charge is 0.350 e. The Balaban J connectivity index is 1.84. The van der Waals surface area contributed by atoms with Crippen LogP contribution in [0.3, 0.4) is 0 Å². The molecule has 1 saturated heterocycles. The number of likely N-dealkylation sites (tertiary alicyclic amines) is 1. The van der Waals surface area contributed by atoms with Gasteiger partial charge in [0.25, 0.3) is 0 Å². The first kappa shape index (κ1) is 13.7. The van der Waals surface area contributed by atoms with Crippen LogP contribution in [0.5, 0.6) is 0 Å². The van der Waals surface area contributed by atoms with Gasteiger partial charge in [0.15, 0.2) is 0 Å². The van der Waals surface area contributed by atoms with Crippen LogP contribution >= 0.6 is 12.2 Å². The number of nitrogens with one attached hydrogen (secondary N) is 1. The van der Waals surface area contributed by atoms with Gasteiger partial charge in [0.2, 0.25) is 0 Å². The highest BCUT2D eigenvalue weighted by atomic mass is 32.1. The zero-order valence-corrected chi connectivity index (χ0v) is 13.0. The van der Waals surface area contributed by atoms with Crippen LogP contribution in [0, 0.1) is 6.92 Å². The molecular weight excluding hydrogens is 266 g/mol. The molecule has 1 aromatic carbocycles. The molecule has 20 heavy (non-hydrogen) atoms. The van der Waals surface area contributed by atoms with Crippen molar-refractivity contribution in [3.05, 3.63) is 35.4 Å². The van der Waals surface area contributed by atoms with Crippen LogP contribution < -0.4 is 5.32 Å². The van der Waals surface area contributed by atoms with Gasteiger partial charge in [-0.25, -0.2) is 0 Å². The Labute approximate surface area is 126 Å². The molecule has 2 aliphatic rings. The average molecular weight is 287 g/mol. The number of piperidine rings is 1. The van der Waals surface area contributed by atoms with Gasteiger partial charge in [-0.15, -0.1) is 0 Å². The number of hydrogen-bond acceptors (Lipinski definition) is 3. The standard InChI is InChI=1S/C16H21N3S/c1-3-19-10-8-16(9-11-19)17-14(15(20)18-16)13-6-4-12(2)5-7-13/h4-7H,3,8-11H2,1-2H3,(H,18,20). The lowest BCUT2D eigenvalue weighted by atomic mass is 9.98. The van der Waals surface area contributed by atoms with Crippen LogP contribution in [0.4, 0.5) is 0 Å². The SMILES string of the molecule is CCN1CCC2(CC1)N=C(c1ccc(C)cc1)C(=S)N2. The minimum Gasteiger partial charge on any atom is -0.350 e. The van der Waals surface area contributed by atoms with Gasteiger partial charge >= 0.3 is 0 Å². The maximum Gasteiger partial charge on any atom is 0.133 e. The smallest absolute Gasteiger partial charge is 0.133 e. The molecule has 0 aliphatic carbocycles. The molecule has 1 N–H and O–H groups in total. The summed E-state index contributed by atoms with van der Waals surface area (Å²) in [5.41, 5.74) is 3.20. The highest BCUT2D eigenvalue weighted by Crippen LogP contribution is 2.29. The van der Waals surface area contributed by atoms with Crippen LogP contribution in [0.15, 0.2) is 29.3 Å². The first-order valence-corrected chi connectivity index (χ1v) is 7.74. The molecule has 0 atom stereocenters. The average Bonchev–Trinajstić information content (AvgIpc) is 2.77. The van der Waals surface area contributed by atoms with Crippen molar-refractivity contribution in [1.29, 1.82) is 0 Å². The Bertz CT molecular complexity index is 539. The van der Waals surface area contributed by atoms with Crippen molar-refractivity contribution in [1.82, 2.24) is 10.2 Å². The van der Waals surface area contributed by atoms with Crippen molar-refractivity contribution in [3.8, 4) is 0 Å². The molecule has 0 saturated carbocycles. The summed E-state index contributed by atoms with van der Waals surface area (Å²) in [7, 11) is 0. The van der Waals surface area contributed by atoms with Crippen molar-refractivity contribution in [2.45, 2.75) is 32.4 Å². The summed E-state index contributed by atoms with van der Waals surface area (Å²) in [6.45, 7) is 7.62. The summed E-state index contributed by atoms with van der Waals surface area (Å²) in [4.78, 5) is 8.24. The molecule has 0 aromatic heterocycles. The van der Waals surface area contributed by atoms with Crippen LogP contribution in [0.2, 0.25) is 0 Å². The Hall–Kier alpha value is -1.26. The van der Waals surface area contributed by atoms with Gasteiger partial charge < -0.3 is 10.2 Å². The lowest BCUT2D eigenvalue weighted by Crippen LogP contribution is -2.50. The Morgan fingerprint density at radius 2 is 1.90 bits per heavy atom. The van der Waals surface area contributed by atoms with Crippen LogP contribution in [0.25, 0.3) is 0 Å². The summed E-state index contributed by atoms with van der Waals surface area (Å²) in [6.07, 6.45) is 2.08. The van der Waals surface area contributed by atoms with Gasteiger partial charge in [-0.05, 0) is 13.5 Å². The molecule has 2 aliphatic heterocycles. The van der Waals surface area contributed by atoms with E-state index in [0.29, 0.717) is 0 Å². The summed E-state index contributed by atoms with van der Waals surface area (Å²) < 4.78 is 0. The monoisotopic (exact) mass is 287 g/mol. The molecule has 3 rings (SSSR count). The van der Waals surface area contributed by atoms with Crippen LogP contribution in [-0.2, 0) is 0 Å². The van der Waals surface area contributed by atoms with E-state index in [9.17, 15) is 0 Å². The van der Waals surface area contributed by atoms with E-state index in [4.69, 9.17) is 17.2 Å². The van der Waals surface area contributed by atoms with Gasteiger partial charge in [0, 0.05) is 31.5 Å². The van der Waals surface area contributed by atoms with Crippen LogP contribution in [0.1, 0.15) is 30.9 Å². The lowest BCUT2D eigenvalue weighted by Gasteiger charge is -2.37. The lowest BCUT2D eigenvalue weighted by molar-refractivity contribution is 0.164. The van der Waals surface area contributed by atoms with Crippen molar-refractivity contribution >= 4 is 22.9 Å². The van der Waals surface area contributed by atoms with Gasteiger partial charge in [-0.2, -0.15) is 0 Å². The number of rotatable bonds is 2. The molecule has 0 unspecified atom stereocenters. The minimum atomic E-state index is -0.150. The van der Waals surface area contributed by atoms with E-state index in [-0.39, 0.29) is 5.66 Å². The molecule has 0 amide bonds. The summed E-state index contributed by atoms with van der Waals surface area (Å²) in [5.74, 6) is 0. The quantitative estimate of drug-likeness (QED) is 0.847. The number of thiocarbonyl (C=S) groups is 1. The van der Waals surface area contributed by atoms with Crippen molar-refractivity contribution < 1.29 is 0 Å². The van der Waals surface area contributed by atoms with Gasteiger partial charge in [-0.3, -0.25) is 4.99 Å². The number of hydrogen-bond donors (Lipinski definition) is 1. The van der Waals surface area contributed by atoms with Gasteiger partial charge in [0.1, 0.15) is 16.4 Å². The second-order valence-electron chi connectivity index (χ2n) is 5.75. The minimum absolute atomic E-state index is 0.150. The Morgan fingerprint density at radius 1 is 1.25 bits per heavy atom. The van der Waals surface area contributed by atoms with E-state index >= 15 is 0 Å². The number of aliphatic imine (C=N–C) groups is 1. The molecule has 3 nitrogen and oxygen atoms in total. The molecule has 1 spiro atoms. The molecule has 1 aromatic rings. The van der Waals surface area contributed by atoms with E-state index in [1.807, 2.05) is 0 Å². The summed E-state index contributed by atoms with van der Waals surface area (Å²) in [6, 6.07) is 8.46. The van der Waals surface area contributed by atoms with Gasteiger partial charge in [0.05, 0.1) is 0 Å². The maximum absolute atomic E-state index is 5.51. The molecule has 0 bridgehead atoms. The zero-order chi connectivity index (χ0) is 14.2. The topological polar surface area (TPSA) is 27.6 Å². The molecule has 1 fully saturated rings. The third kappa shape index (κ3) is 2.50. The first-order valence-electron chi connectivity index (χ1n) is 7.34. The van der Waals surface area contributed by atoms with Gasteiger partial charge in [-0.1, -0.05) is 49.0 Å². The molecular formula is C16H21N3S. The summed E-state index contributed by atoms with van der Waals surface area (Å²) in [5, 5.41) is 3.48. The van der Waals surface area contributed by atoms with Crippen molar-refractivity contribution in [2.24, 2.45) is 4.99 Å². The van der Waals surface area contributed by atoms with E-state index < -0.39 is 0 Å². The normalized spacial score (nSPS) is 21.9. The molecule has 0 radical (unpaired) electrons. The molecule has 2 heterocycles. The third-order valence-electron chi connectivity index (χ3n) is 4.34. The fourth-order valence-corrected chi connectivity index (χ4v) is 3.30. The van der Waals surface area contributed by atoms with Crippen molar-refractivity contribution in [3.63, 3.8) is 0 Å². The second-order valence-corrected chi connectivity index (χ2v) is 6.15. The van der Waals surface area contributed by atoms with Crippen LogP contribution in [-0.4, -0.2) is 40.9 Å². The first-order chi connectivity index (χ1) is 9.62.